The first kappa shape index (κ1) is 17.8. The molecule has 0 spiro atoms. The molecule has 0 aliphatic rings. The maximum atomic E-state index is 11.0. The third-order valence-electron chi connectivity index (χ3n) is 2.99. The first-order valence-corrected chi connectivity index (χ1v) is 7.50. The van der Waals surface area contributed by atoms with Gasteiger partial charge in [0.2, 0.25) is 0 Å². The van der Waals surface area contributed by atoms with Gasteiger partial charge in [-0.05, 0) is 37.1 Å². The van der Waals surface area contributed by atoms with Gasteiger partial charge < -0.3 is 9.84 Å². The van der Waals surface area contributed by atoms with Crippen LogP contribution in [0.25, 0.3) is 0 Å². The Hall–Kier alpha value is -2.29. The molecule has 2 aromatic carbocycles. The number of phenolic OH excluding ortho intramolecular Hbond substituents is 1. The number of carbonyl (C=O) groups is 1. The molecule has 118 valence electrons. The van der Waals surface area contributed by atoms with Crippen molar-refractivity contribution >= 4 is 5.97 Å². The van der Waals surface area contributed by atoms with E-state index in [0.29, 0.717) is 12.2 Å². The lowest BCUT2D eigenvalue weighted by atomic mass is 10.1. The van der Waals surface area contributed by atoms with E-state index in [1.165, 1.54) is 5.56 Å². The Morgan fingerprint density at radius 1 is 1.14 bits per heavy atom. The van der Waals surface area contributed by atoms with E-state index < -0.39 is 0 Å². The molecule has 0 aromatic heterocycles. The van der Waals surface area contributed by atoms with Crippen LogP contribution in [0.5, 0.6) is 5.75 Å². The SMILES string of the molecule is CCC(=O)OC(C)Cc1ccccc1.Cc1cccc(O)c1. The average molecular weight is 300 g/mol. The molecule has 0 bridgehead atoms. The largest absolute Gasteiger partial charge is 0.508 e. The van der Waals surface area contributed by atoms with E-state index in [1.54, 1.807) is 19.1 Å². The fraction of sp³-hybridized carbons (Fsp3) is 0.316. The minimum absolute atomic E-state index is 0.0372. The van der Waals surface area contributed by atoms with Gasteiger partial charge in [-0.3, -0.25) is 4.79 Å². The minimum atomic E-state index is -0.131. The second-order valence-corrected chi connectivity index (χ2v) is 5.18. The number of rotatable bonds is 4. The maximum Gasteiger partial charge on any atom is 0.305 e. The van der Waals surface area contributed by atoms with Crippen LogP contribution in [0.15, 0.2) is 54.6 Å². The zero-order valence-corrected chi connectivity index (χ0v) is 13.5. The van der Waals surface area contributed by atoms with E-state index >= 15 is 0 Å². The van der Waals surface area contributed by atoms with Gasteiger partial charge in [-0.2, -0.15) is 0 Å². The normalized spacial score (nSPS) is 11.0. The maximum absolute atomic E-state index is 11.0. The van der Waals surface area contributed by atoms with Crippen LogP contribution in [-0.4, -0.2) is 17.2 Å². The number of ether oxygens (including phenoxy) is 1. The summed E-state index contributed by atoms with van der Waals surface area (Å²) < 4.78 is 5.16. The van der Waals surface area contributed by atoms with Crippen molar-refractivity contribution in [3.63, 3.8) is 0 Å². The Kier molecular flexibility index (Phi) is 7.76. The molecule has 0 radical (unpaired) electrons. The average Bonchev–Trinajstić information content (AvgIpc) is 2.48. The van der Waals surface area contributed by atoms with Crippen LogP contribution in [0.4, 0.5) is 0 Å². The molecule has 0 heterocycles. The summed E-state index contributed by atoms with van der Waals surface area (Å²) in [6.07, 6.45) is 1.19. The molecule has 1 atom stereocenters. The van der Waals surface area contributed by atoms with Crippen molar-refractivity contribution < 1.29 is 14.6 Å². The lowest BCUT2D eigenvalue weighted by Gasteiger charge is -2.12. The topological polar surface area (TPSA) is 46.5 Å². The first-order chi connectivity index (χ1) is 10.5. The third-order valence-corrected chi connectivity index (χ3v) is 2.99. The number of benzene rings is 2. The van der Waals surface area contributed by atoms with Gasteiger partial charge in [0.05, 0.1) is 0 Å². The van der Waals surface area contributed by atoms with Crippen LogP contribution in [0.1, 0.15) is 31.4 Å². The lowest BCUT2D eigenvalue weighted by molar-refractivity contribution is -0.147. The monoisotopic (exact) mass is 300 g/mol. The molecule has 0 saturated heterocycles. The Bertz CT molecular complexity index is 547. The molecule has 0 saturated carbocycles. The van der Waals surface area contributed by atoms with Crippen molar-refractivity contribution in [3.8, 4) is 5.75 Å². The standard InChI is InChI=1S/C12H16O2.C7H8O/c1-3-12(13)14-10(2)9-11-7-5-4-6-8-11;1-6-3-2-4-7(8)5-6/h4-8,10H,3,9H2,1-2H3;2-5,8H,1H3. The molecule has 3 heteroatoms. The number of aromatic hydroxyl groups is 1. The summed E-state index contributed by atoms with van der Waals surface area (Å²) >= 11 is 0. The summed E-state index contributed by atoms with van der Waals surface area (Å²) in [7, 11) is 0. The predicted octanol–water partition coefficient (Wildman–Crippen LogP) is 4.27. The summed E-state index contributed by atoms with van der Waals surface area (Å²) in [5.74, 6) is 0.207. The number of phenols is 1. The Morgan fingerprint density at radius 2 is 1.82 bits per heavy atom. The fourth-order valence-electron chi connectivity index (χ4n) is 1.92. The molecular formula is C19H24O3. The highest BCUT2D eigenvalue weighted by Gasteiger charge is 2.07. The molecule has 0 aliphatic carbocycles. The van der Waals surface area contributed by atoms with Gasteiger partial charge in [0.25, 0.3) is 0 Å². The number of aryl methyl sites for hydroxylation is 1. The van der Waals surface area contributed by atoms with Crippen molar-refractivity contribution in [2.45, 2.75) is 39.7 Å². The third kappa shape index (κ3) is 7.48. The molecule has 1 N–H and O–H groups in total. The van der Waals surface area contributed by atoms with Crippen LogP contribution in [-0.2, 0) is 16.0 Å². The highest BCUT2D eigenvalue weighted by Crippen LogP contribution is 2.08. The highest BCUT2D eigenvalue weighted by molar-refractivity contribution is 5.69. The van der Waals surface area contributed by atoms with Crippen molar-refractivity contribution in [1.82, 2.24) is 0 Å². The Labute approximate surface area is 132 Å². The zero-order chi connectivity index (χ0) is 16.4. The lowest BCUT2D eigenvalue weighted by Crippen LogP contribution is -2.16. The van der Waals surface area contributed by atoms with Gasteiger partial charge in [-0.1, -0.05) is 49.4 Å². The first-order valence-electron chi connectivity index (χ1n) is 7.50. The van der Waals surface area contributed by atoms with Gasteiger partial charge in [0.1, 0.15) is 11.9 Å². The van der Waals surface area contributed by atoms with Crippen molar-refractivity contribution in [2.24, 2.45) is 0 Å². The Balaban J connectivity index is 0.000000255. The summed E-state index contributed by atoms with van der Waals surface area (Å²) in [6.45, 7) is 5.66. The number of hydrogen-bond donors (Lipinski definition) is 1. The van der Waals surface area contributed by atoms with E-state index in [1.807, 2.05) is 56.3 Å². The molecule has 0 aliphatic heterocycles. The smallest absolute Gasteiger partial charge is 0.305 e. The van der Waals surface area contributed by atoms with Crippen LogP contribution in [0.2, 0.25) is 0 Å². The minimum Gasteiger partial charge on any atom is -0.508 e. The van der Waals surface area contributed by atoms with Crippen LogP contribution < -0.4 is 0 Å². The highest BCUT2D eigenvalue weighted by atomic mass is 16.5. The molecule has 22 heavy (non-hydrogen) atoms. The molecule has 2 rings (SSSR count). The summed E-state index contributed by atoms with van der Waals surface area (Å²) in [5, 5.41) is 8.81. The Morgan fingerprint density at radius 3 is 2.32 bits per heavy atom. The molecule has 0 fully saturated rings. The molecule has 2 aromatic rings. The van der Waals surface area contributed by atoms with Crippen LogP contribution in [0, 0.1) is 6.92 Å². The van der Waals surface area contributed by atoms with E-state index in [9.17, 15) is 4.79 Å². The molecule has 0 amide bonds. The van der Waals surface area contributed by atoms with Crippen molar-refractivity contribution in [1.29, 1.82) is 0 Å². The zero-order valence-electron chi connectivity index (χ0n) is 13.5. The van der Waals surface area contributed by atoms with Crippen LogP contribution in [0.3, 0.4) is 0 Å². The van der Waals surface area contributed by atoms with Crippen molar-refractivity contribution in [2.75, 3.05) is 0 Å². The van der Waals surface area contributed by atoms with E-state index in [4.69, 9.17) is 9.84 Å². The van der Waals surface area contributed by atoms with Gasteiger partial charge in [-0.25, -0.2) is 0 Å². The molecule has 1 unspecified atom stereocenters. The summed E-state index contributed by atoms with van der Waals surface area (Å²) in [5.41, 5.74) is 2.29. The summed E-state index contributed by atoms with van der Waals surface area (Å²) in [6, 6.07) is 17.2. The summed E-state index contributed by atoms with van der Waals surface area (Å²) in [4.78, 5) is 11.0. The predicted molar refractivity (Wildman–Crippen MR) is 88.8 cm³/mol. The second kappa shape index (κ2) is 9.61. The van der Waals surface area contributed by atoms with E-state index in [-0.39, 0.29) is 12.1 Å². The molecular weight excluding hydrogens is 276 g/mol. The molecule has 3 nitrogen and oxygen atoms in total. The van der Waals surface area contributed by atoms with E-state index in [2.05, 4.69) is 0 Å². The van der Waals surface area contributed by atoms with Gasteiger partial charge >= 0.3 is 5.97 Å². The van der Waals surface area contributed by atoms with E-state index in [0.717, 1.165) is 12.0 Å². The number of hydrogen-bond acceptors (Lipinski definition) is 3. The van der Waals surface area contributed by atoms with Crippen molar-refractivity contribution in [3.05, 3.63) is 65.7 Å². The van der Waals surface area contributed by atoms with Crippen LogP contribution >= 0.6 is 0 Å². The quantitative estimate of drug-likeness (QED) is 0.858. The van der Waals surface area contributed by atoms with Gasteiger partial charge in [-0.15, -0.1) is 0 Å². The second-order valence-electron chi connectivity index (χ2n) is 5.18. The van der Waals surface area contributed by atoms with Gasteiger partial charge in [0, 0.05) is 12.8 Å². The fourth-order valence-corrected chi connectivity index (χ4v) is 1.92. The number of esters is 1. The van der Waals surface area contributed by atoms with Gasteiger partial charge in [0.15, 0.2) is 0 Å². The number of carbonyl (C=O) groups excluding carboxylic acids is 1.